The van der Waals surface area contributed by atoms with E-state index in [0.717, 1.165) is 4.70 Å². The molecule has 3 rings (SSSR count). The molecular formula is C20H18Cl2N2O4S. The summed E-state index contributed by atoms with van der Waals surface area (Å²) in [5.41, 5.74) is 0.940. The summed E-state index contributed by atoms with van der Waals surface area (Å²) < 4.78 is 7.88. The minimum absolute atomic E-state index is 0.246. The third-order valence-electron chi connectivity index (χ3n) is 4.26. The number of halogens is 2. The predicted octanol–water partition coefficient (Wildman–Crippen LogP) is 5.19. The number of nitrogens with zero attached hydrogens (tertiary/aromatic N) is 2. The van der Waals surface area contributed by atoms with E-state index in [1.807, 2.05) is 13.0 Å². The Morgan fingerprint density at radius 3 is 2.55 bits per heavy atom. The number of aromatic nitrogens is 1. The largest absolute Gasteiger partial charge is 0.494 e. The zero-order valence-electron chi connectivity index (χ0n) is 15.7. The monoisotopic (exact) mass is 452 g/mol. The third-order valence-corrected chi connectivity index (χ3v) is 6.01. The molecule has 1 amide bonds. The first-order valence-electron chi connectivity index (χ1n) is 8.90. The topological polar surface area (TPSA) is 80.9 Å². The van der Waals surface area contributed by atoms with Crippen LogP contribution in [0.2, 0.25) is 10.0 Å². The molecule has 152 valence electrons. The van der Waals surface area contributed by atoms with Gasteiger partial charge in [0.05, 0.1) is 26.9 Å². The SMILES string of the molecule is CCOc1ccc2c(c1)sc(=NC(=O)c1ccc(Cl)c(Cl)c1)n2C(CC)C(=O)O. The number of carboxylic acids is 1. The summed E-state index contributed by atoms with van der Waals surface area (Å²) in [6.07, 6.45) is 0.336. The minimum Gasteiger partial charge on any atom is -0.494 e. The van der Waals surface area contributed by atoms with Crippen LogP contribution in [-0.4, -0.2) is 28.2 Å². The van der Waals surface area contributed by atoms with Gasteiger partial charge in [-0.15, -0.1) is 0 Å². The molecule has 0 spiro atoms. The maximum atomic E-state index is 12.7. The first-order valence-corrected chi connectivity index (χ1v) is 10.5. The molecule has 1 atom stereocenters. The Labute approximate surface area is 181 Å². The molecule has 1 heterocycles. The number of carboxylic acid groups (broad SMARTS) is 1. The number of carbonyl (C=O) groups excluding carboxylic acids is 1. The molecule has 0 aliphatic heterocycles. The zero-order chi connectivity index (χ0) is 21.1. The van der Waals surface area contributed by atoms with Gasteiger partial charge in [0, 0.05) is 5.56 Å². The molecule has 9 heteroatoms. The van der Waals surface area contributed by atoms with Gasteiger partial charge in [-0.1, -0.05) is 41.5 Å². The summed E-state index contributed by atoms with van der Waals surface area (Å²) >= 11 is 13.1. The maximum absolute atomic E-state index is 12.7. The molecule has 0 radical (unpaired) electrons. The van der Waals surface area contributed by atoms with E-state index in [9.17, 15) is 14.7 Å². The Balaban J connectivity index is 2.20. The fourth-order valence-electron chi connectivity index (χ4n) is 2.91. The highest BCUT2D eigenvalue weighted by molar-refractivity contribution is 7.16. The second-order valence-electron chi connectivity index (χ2n) is 6.13. The highest BCUT2D eigenvalue weighted by Gasteiger charge is 2.22. The molecule has 2 aromatic carbocycles. The Morgan fingerprint density at radius 1 is 1.17 bits per heavy atom. The number of benzene rings is 2. The van der Waals surface area contributed by atoms with Crippen LogP contribution >= 0.6 is 34.5 Å². The number of ether oxygens (including phenoxy) is 1. The van der Waals surface area contributed by atoms with E-state index in [-0.39, 0.29) is 10.6 Å². The van der Waals surface area contributed by atoms with Gasteiger partial charge < -0.3 is 14.4 Å². The molecule has 0 aliphatic carbocycles. The quantitative estimate of drug-likeness (QED) is 0.558. The molecule has 1 unspecified atom stereocenters. The molecule has 29 heavy (non-hydrogen) atoms. The van der Waals surface area contributed by atoms with Crippen molar-refractivity contribution < 1.29 is 19.4 Å². The Bertz CT molecular complexity index is 1150. The van der Waals surface area contributed by atoms with Crippen molar-refractivity contribution in [2.45, 2.75) is 26.3 Å². The van der Waals surface area contributed by atoms with Crippen LogP contribution in [-0.2, 0) is 4.79 Å². The van der Waals surface area contributed by atoms with E-state index < -0.39 is 17.9 Å². The molecular weight excluding hydrogens is 435 g/mol. The summed E-state index contributed by atoms with van der Waals surface area (Å²) in [5, 5.41) is 10.3. The standard InChI is InChI=1S/C20H18Cl2N2O4S/c1-3-15(19(26)27)24-16-8-6-12(28-4-2)10-17(16)29-20(24)23-18(25)11-5-7-13(21)14(22)9-11/h5-10,15H,3-4H2,1-2H3,(H,26,27). The summed E-state index contributed by atoms with van der Waals surface area (Å²) in [7, 11) is 0. The van der Waals surface area contributed by atoms with Gasteiger partial charge in [0.1, 0.15) is 11.8 Å². The van der Waals surface area contributed by atoms with Crippen molar-refractivity contribution in [2.75, 3.05) is 6.61 Å². The molecule has 0 aliphatic rings. The Kier molecular flexibility index (Phi) is 6.62. The van der Waals surface area contributed by atoms with Gasteiger partial charge in [0.2, 0.25) is 0 Å². The smallest absolute Gasteiger partial charge is 0.326 e. The van der Waals surface area contributed by atoms with Gasteiger partial charge in [0.15, 0.2) is 4.80 Å². The highest BCUT2D eigenvalue weighted by Crippen LogP contribution is 2.27. The van der Waals surface area contributed by atoms with Gasteiger partial charge >= 0.3 is 5.97 Å². The van der Waals surface area contributed by atoms with Gasteiger partial charge in [-0.3, -0.25) is 4.79 Å². The molecule has 0 bridgehead atoms. The summed E-state index contributed by atoms with van der Waals surface area (Å²) in [4.78, 5) is 29.0. The van der Waals surface area contributed by atoms with Crippen molar-refractivity contribution >= 4 is 56.6 Å². The molecule has 0 saturated carbocycles. The van der Waals surface area contributed by atoms with Crippen LogP contribution in [0.15, 0.2) is 41.4 Å². The first-order chi connectivity index (χ1) is 13.8. The Morgan fingerprint density at radius 2 is 1.93 bits per heavy atom. The molecule has 0 fully saturated rings. The van der Waals surface area contributed by atoms with Crippen molar-refractivity contribution in [1.29, 1.82) is 0 Å². The lowest BCUT2D eigenvalue weighted by molar-refractivity contribution is -0.140. The second-order valence-corrected chi connectivity index (χ2v) is 7.95. The average Bonchev–Trinajstić information content (AvgIpc) is 3.01. The second kappa shape index (κ2) is 8.98. The summed E-state index contributed by atoms with van der Waals surface area (Å²) in [6, 6.07) is 9.00. The van der Waals surface area contributed by atoms with Crippen LogP contribution in [0, 0.1) is 0 Å². The van der Waals surface area contributed by atoms with Crippen LogP contribution in [0.4, 0.5) is 0 Å². The number of carbonyl (C=O) groups is 2. The number of rotatable bonds is 6. The molecule has 1 N–H and O–H groups in total. The van der Waals surface area contributed by atoms with Crippen LogP contribution in [0.1, 0.15) is 36.7 Å². The fraction of sp³-hybridized carbons (Fsp3) is 0.250. The molecule has 6 nitrogen and oxygen atoms in total. The lowest BCUT2D eigenvalue weighted by atomic mass is 10.2. The lowest BCUT2D eigenvalue weighted by Crippen LogP contribution is -2.27. The fourth-order valence-corrected chi connectivity index (χ4v) is 4.30. The van der Waals surface area contributed by atoms with Gasteiger partial charge in [-0.25, -0.2) is 4.79 Å². The normalized spacial score (nSPS) is 12.9. The van der Waals surface area contributed by atoms with E-state index in [4.69, 9.17) is 27.9 Å². The number of hydrogen-bond acceptors (Lipinski definition) is 4. The predicted molar refractivity (Wildman–Crippen MR) is 114 cm³/mol. The summed E-state index contributed by atoms with van der Waals surface area (Å²) in [5.74, 6) is -0.863. The van der Waals surface area contributed by atoms with E-state index in [2.05, 4.69) is 4.99 Å². The summed E-state index contributed by atoms with van der Waals surface area (Å²) in [6.45, 7) is 4.16. The third kappa shape index (κ3) is 4.47. The van der Waals surface area contributed by atoms with Crippen molar-refractivity contribution in [3.63, 3.8) is 0 Å². The number of fused-ring (bicyclic) bond motifs is 1. The van der Waals surface area contributed by atoms with Crippen molar-refractivity contribution in [3.05, 3.63) is 56.8 Å². The van der Waals surface area contributed by atoms with E-state index in [0.29, 0.717) is 34.1 Å². The van der Waals surface area contributed by atoms with Crippen LogP contribution < -0.4 is 9.54 Å². The van der Waals surface area contributed by atoms with Crippen molar-refractivity contribution in [2.24, 2.45) is 4.99 Å². The number of thiazole rings is 1. The molecule has 0 saturated heterocycles. The molecule has 3 aromatic rings. The van der Waals surface area contributed by atoms with Crippen molar-refractivity contribution in [3.8, 4) is 5.75 Å². The number of hydrogen-bond donors (Lipinski definition) is 1. The minimum atomic E-state index is -0.996. The molecule has 1 aromatic heterocycles. The lowest BCUT2D eigenvalue weighted by Gasteiger charge is -2.13. The Hall–Kier alpha value is -2.35. The van der Waals surface area contributed by atoms with Gasteiger partial charge in [-0.2, -0.15) is 4.99 Å². The zero-order valence-corrected chi connectivity index (χ0v) is 18.0. The van der Waals surface area contributed by atoms with Crippen LogP contribution in [0.3, 0.4) is 0 Å². The van der Waals surface area contributed by atoms with E-state index in [1.54, 1.807) is 23.6 Å². The number of amides is 1. The van der Waals surface area contributed by atoms with E-state index in [1.165, 1.54) is 29.5 Å². The average molecular weight is 453 g/mol. The first kappa shape index (κ1) is 21.4. The van der Waals surface area contributed by atoms with Crippen molar-refractivity contribution in [1.82, 2.24) is 4.57 Å². The van der Waals surface area contributed by atoms with Crippen LogP contribution in [0.5, 0.6) is 5.75 Å². The van der Waals surface area contributed by atoms with E-state index >= 15 is 0 Å². The highest BCUT2D eigenvalue weighted by atomic mass is 35.5. The van der Waals surface area contributed by atoms with Gasteiger partial charge in [-0.05, 0) is 49.7 Å². The number of aliphatic carboxylic acids is 1. The van der Waals surface area contributed by atoms with Crippen LogP contribution in [0.25, 0.3) is 10.2 Å². The van der Waals surface area contributed by atoms with Gasteiger partial charge in [0.25, 0.3) is 5.91 Å². The maximum Gasteiger partial charge on any atom is 0.326 e.